The minimum absolute atomic E-state index is 0.648. The molecule has 1 saturated carbocycles. The van der Waals surface area contributed by atoms with Gasteiger partial charge in [-0.15, -0.1) is 0 Å². The molecule has 1 fully saturated rings. The molecule has 0 spiro atoms. The quantitative estimate of drug-likeness (QED) is 0.807. The van der Waals surface area contributed by atoms with Crippen molar-refractivity contribution in [3.63, 3.8) is 0 Å². The van der Waals surface area contributed by atoms with Gasteiger partial charge in [0.25, 0.3) is 0 Å². The molecule has 1 aliphatic carbocycles. The molecule has 0 bridgehead atoms. The highest BCUT2D eigenvalue weighted by atomic mass is 16.5. The highest BCUT2D eigenvalue weighted by Crippen LogP contribution is 2.28. The molecule has 2 atom stereocenters. The standard InChI is InChI=1S/C17H27NO2/c1-13-10-14(2)12-15(11-13)18-8-9-20-17-7-5-4-6-16(17)19-3/h4-7,13-15,18H,8-12H2,1-3H3. The van der Waals surface area contributed by atoms with Crippen LogP contribution in [0.15, 0.2) is 24.3 Å². The van der Waals surface area contributed by atoms with E-state index in [0.29, 0.717) is 12.6 Å². The molecule has 0 radical (unpaired) electrons. The Bertz CT molecular complexity index is 398. The van der Waals surface area contributed by atoms with Crippen LogP contribution in [0.4, 0.5) is 0 Å². The largest absolute Gasteiger partial charge is 0.493 e. The topological polar surface area (TPSA) is 30.5 Å². The lowest BCUT2D eigenvalue weighted by Gasteiger charge is -2.32. The molecule has 20 heavy (non-hydrogen) atoms. The Hall–Kier alpha value is -1.22. The molecule has 112 valence electrons. The highest BCUT2D eigenvalue weighted by molar-refractivity contribution is 5.39. The summed E-state index contributed by atoms with van der Waals surface area (Å²) in [7, 11) is 1.67. The number of rotatable bonds is 6. The average molecular weight is 277 g/mol. The van der Waals surface area contributed by atoms with E-state index in [1.807, 2.05) is 24.3 Å². The average Bonchev–Trinajstić information content (AvgIpc) is 2.43. The van der Waals surface area contributed by atoms with E-state index in [4.69, 9.17) is 9.47 Å². The zero-order valence-electron chi connectivity index (χ0n) is 12.9. The van der Waals surface area contributed by atoms with E-state index in [2.05, 4.69) is 19.2 Å². The SMILES string of the molecule is COc1ccccc1OCCNC1CC(C)CC(C)C1. The Morgan fingerprint density at radius 3 is 2.35 bits per heavy atom. The summed E-state index contributed by atoms with van der Waals surface area (Å²) in [5.74, 6) is 3.30. The molecule has 3 nitrogen and oxygen atoms in total. The molecular formula is C17H27NO2. The normalized spacial score (nSPS) is 26.2. The third-order valence-corrected chi connectivity index (χ3v) is 4.04. The molecule has 1 aliphatic rings. The fourth-order valence-corrected chi connectivity index (χ4v) is 3.28. The lowest BCUT2D eigenvalue weighted by Crippen LogP contribution is -2.38. The Labute approximate surface area is 122 Å². The van der Waals surface area contributed by atoms with Gasteiger partial charge in [-0.25, -0.2) is 0 Å². The number of para-hydroxylation sites is 2. The summed E-state index contributed by atoms with van der Waals surface area (Å²) in [5, 5.41) is 3.62. The molecule has 1 aromatic carbocycles. The van der Waals surface area contributed by atoms with Gasteiger partial charge in [-0.05, 0) is 43.2 Å². The van der Waals surface area contributed by atoms with Gasteiger partial charge in [-0.1, -0.05) is 26.0 Å². The first-order valence-corrected chi connectivity index (χ1v) is 7.68. The maximum absolute atomic E-state index is 5.79. The number of benzene rings is 1. The molecule has 2 unspecified atom stereocenters. The second kappa shape index (κ2) is 7.53. The van der Waals surface area contributed by atoms with Gasteiger partial charge in [0.05, 0.1) is 7.11 Å². The summed E-state index contributed by atoms with van der Waals surface area (Å²) < 4.78 is 11.1. The van der Waals surface area contributed by atoms with E-state index in [0.717, 1.165) is 29.9 Å². The molecule has 0 aliphatic heterocycles. The van der Waals surface area contributed by atoms with E-state index < -0.39 is 0 Å². The molecule has 3 heteroatoms. The monoisotopic (exact) mass is 277 g/mol. The predicted molar refractivity (Wildman–Crippen MR) is 82.5 cm³/mol. The van der Waals surface area contributed by atoms with Gasteiger partial charge in [0.2, 0.25) is 0 Å². The summed E-state index contributed by atoms with van der Waals surface area (Å²) in [6.45, 7) is 6.28. The van der Waals surface area contributed by atoms with E-state index in [9.17, 15) is 0 Å². The van der Waals surface area contributed by atoms with Gasteiger partial charge < -0.3 is 14.8 Å². The Morgan fingerprint density at radius 2 is 1.70 bits per heavy atom. The third-order valence-electron chi connectivity index (χ3n) is 4.04. The van der Waals surface area contributed by atoms with Crippen LogP contribution in [0, 0.1) is 11.8 Å². The molecule has 0 saturated heterocycles. The van der Waals surface area contributed by atoms with Crippen LogP contribution in [0.3, 0.4) is 0 Å². The number of hydrogen-bond acceptors (Lipinski definition) is 3. The van der Waals surface area contributed by atoms with Crippen LogP contribution in [0.1, 0.15) is 33.1 Å². The Morgan fingerprint density at radius 1 is 1.05 bits per heavy atom. The molecule has 0 amide bonds. The molecule has 0 heterocycles. The van der Waals surface area contributed by atoms with Crippen molar-refractivity contribution in [2.75, 3.05) is 20.3 Å². The Kier molecular flexibility index (Phi) is 5.72. The fourth-order valence-electron chi connectivity index (χ4n) is 3.28. The van der Waals surface area contributed by atoms with E-state index >= 15 is 0 Å². The van der Waals surface area contributed by atoms with Crippen LogP contribution in [-0.4, -0.2) is 26.3 Å². The number of nitrogens with one attached hydrogen (secondary N) is 1. The van der Waals surface area contributed by atoms with Crippen LogP contribution in [0.5, 0.6) is 11.5 Å². The smallest absolute Gasteiger partial charge is 0.161 e. The second-order valence-electron chi connectivity index (χ2n) is 6.07. The number of hydrogen-bond donors (Lipinski definition) is 1. The second-order valence-corrected chi connectivity index (χ2v) is 6.07. The maximum Gasteiger partial charge on any atom is 0.161 e. The maximum atomic E-state index is 5.79. The predicted octanol–water partition coefficient (Wildman–Crippen LogP) is 3.49. The van der Waals surface area contributed by atoms with Crippen molar-refractivity contribution in [2.24, 2.45) is 11.8 Å². The van der Waals surface area contributed by atoms with Crippen molar-refractivity contribution in [3.05, 3.63) is 24.3 Å². The van der Waals surface area contributed by atoms with Crippen LogP contribution < -0.4 is 14.8 Å². The molecule has 2 rings (SSSR count). The summed E-state index contributed by atoms with van der Waals surface area (Å²) in [4.78, 5) is 0. The number of ether oxygens (including phenoxy) is 2. The summed E-state index contributed by atoms with van der Waals surface area (Å²) in [5.41, 5.74) is 0. The molecule has 0 aromatic heterocycles. The van der Waals surface area contributed by atoms with Gasteiger partial charge in [-0.3, -0.25) is 0 Å². The van der Waals surface area contributed by atoms with Crippen LogP contribution in [0.25, 0.3) is 0 Å². The minimum atomic E-state index is 0.648. The van der Waals surface area contributed by atoms with Crippen molar-refractivity contribution >= 4 is 0 Å². The first-order chi connectivity index (χ1) is 9.69. The minimum Gasteiger partial charge on any atom is -0.493 e. The van der Waals surface area contributed by atoms with Crippen molar-refractivity contribution < 1.29 is 9.47 Å². The summed E-state index contributed by atoms with van der Waals surface area (Å²) >= 11 is 0. The lowest BCUT2D eigenvalue weighted by atomic mass is 9.80. The van der Waals surface area contributed by atoms with Gasteiger partial charge in [0.15, 0.2) is 11.5 Å². The first-order valence-electron chi connectivity index (χ1n) is 7.68. The molecule has 1 aromatic rings. The Balaban J connectivity index is 1.71. The number of methoxy groups -OCH3 is 1. The van der Waals surface area contributed by atoms with Gasteiger partial charge >= 0.3 is 0 Å². The van der Waals surface area contributed by atoms with Crippen molar-refractivity contribution in [3.8, 4) is 11.5 Å². The first kappa shape index (κ1) is 15.2. The molecule has 1 N–H and O–H groups in total. The summed E-state index contributed by atoms with van der Waals surface area (Å²) in [6, 6.07) is 8.44. The van der Waals surface area contributed by atoms with E-state index in [1.165, 1.54) is 19.3 Å². The van der Waals surface area contributed by atoms with Crippen LogP contribution >= 0.6 is 0 Å². The third kappa shape index (κ3) is 4.41. The van der Waals surface area contributed by atoms with Crippen LogP contribution in [-0.2, 0) is 0 Å². The fraction of sp³-hybridized carbons (Fsp3) is 0.647. The van der Waals surface area contributed by atoms with Crippen molar-refractivity contribution in [1.29, 1.82) is 0 Å². The van der Waals surface area contributed by atoms with E-state index in [-0.39, 0.29) is 0 Å². The zero-order chi connectivity index (χ0) is 14.4. The van der Waals surface area contributed by atoms with Crippen molar-refractivity contribution in [1.82, 2.24) is 5.32 Å². The summed E-state index contributed by atoms with van der Waals surface area (Å²) in [6.07, 6.45) is 3.95. The zero-order valence-corrected chi connectivity index (χ0v) is 12.9. The highest BCUT2D eigenvalue weighted by Gasteiger charge is 2.23. The van der Waals surface area contributed by atoms with Crippen LogP contribution in [0.2, 0.25) is 0 Å². The van der Waals surface area contributed by atoms with Gasteiger partial charge in [-0.2, -0.15) is 0 Å². The lowest BCUT2D eigenvalue weighted by molar-refractivity contribution is 0.223. The van der Waals surface area contributed by atoms with Gasteiger partial charge in [0, 0.05) is 12.6 Å². The van der Waals surface area contributed by atoms with Gasteiger partial charge in [0.1, 0.15) is 6.61 Å². The van der Waals surface area contributed by atoms with Crippen molar-refractivity contribution in [2.45, 2.75) is 39.2 Å². The molecular weight excluding hydrogens is 250 g/mol. The van der Waals surface area contributed by atoms with E-state index in [1.54, 1.807) is 7.11 Å².